The molecule has 0 aliphatic carbocycles. The highest BCUT2D eigenvalue weighted by Crippen LogP contribution is 2.44. The van der Waals surface area contributed by atoms with Crippen LogP contribution in [0.25, 0.3) is 0 Å². The van der Waals surface area contributed by atoms with Crippen molar-refractivity contribution in [1.82, 2.24) is 0 Å². The molecule has 0 N–H and O–H groups in total. The molecule has 35 heteroatoms. The number of alkyl halides is 25. The van der Waals surface area contributed by atoms with Crippen molar-refractivity contribution >= 4 is 29.8 Å². The lowest BCUT2D eigenvalue weighted by Gasteiger charge is -2.27. The van der Waals surface area contributed by atoms with Crippen molar-refractivity contribution in [1.29, 1.82) is 0 Å². The smallest absolute Gasteiger partial charge is 0.422 e. The minimum absolute atomic E-state index is 0.281. The average molecular weight is 1350 g/mol. The van der Waals surface area contributed by atoms with Crippen molar-refractivity contribution in [3.05, 3.63) is 0 Å². The molecular weight excluding hydrogens is 1270 g/mol. The summed E-state index contributed by atoms with van der Waals surface area (Å²) < 4.78 is 329. The third-order valence-electron chi connectivity index (χ3n) is 11.9. The van der Waals surface area contributed by atoms with Crippen LogP contribution in [-0.2, 0) is 47.7 Å². The first-order valence-corrected chi connectivity index (χ1v) is 27.1. The number of ether oxygens (including phenoxy) is 5. The molecule has 0 aromatic heterocycles. The van der Waals surface area contributed by atoms with Crippen molar-refractivity contribution in [2.24, 2.45) is 28.6 Å². The molecule has 0 spiro atoms. The summed E-state index contributed by atoms with van der Waals surface area (Å²) >= 11 is 0. The van der Waals surface area contributed by atoms with Gasteiger partial charge in [-0.05, 0) is 79.1 Å². The highest BCUT2D eigenvalue weighted by atomic mass is 19.4. The highest BCUT2D eigenvalue weighted by Gasteiger charge is 2.53. The summed E-state index contributed by atoms with van der Waals surface area (Å²) in [7, 11) is 0. The van der Waals surface area contributed by atoms with Crippen LogP contribution in [0.4, 0.5) is 110 Å². The van der Waals surface area contributed by atoms with Gasteiger partial charge in [0, 0.05) is 19.3 Å². The molecule has 0 aliphatic rings. The first kappa shape index (κ1) is 92.3. The molecule has 0 fully saturated rings. The van der Waals surface area contributed by atoms with E-state index in [-0.39, 0.29) is 32.0 Å². The SMILES string of the molecule is CCC(C)(C)C(=O)OCC(F)(F)F.CCC(C)(C)C(=O)OCCCC(F)(F)CC(F)(F)F.CCC(C)C(=O)OCC(F)(F)F.CCC(C)C(=O)OCCCC(F)(F)CC(F)(F)CC(F)(F)CC(F)(F)F.CCC(C)C(=O)OCCCC(F)(F)CC(F)(F)F. The monoisotopic (exact) mass is 1350 g/mol. The van der Waals surface area contributed by atoms with Gasteiger partial charge in [0.15, 0.2) is 13.2 Å². The predicted octanol–water partition coefficient (Wildman–Crippen LogP) is 18.9. The van der Waals surface area contributed by atoms with Gasteiger partial charge in [0.2, 0.25) is 0 Å². The summed E-state index contributed by atoms with van der Waals surface area (Å²) in [6.07, 6.45) is -37.8. The molecule has 0 radical (unpaired) electrons. The second-order valence-electron chi connectivity index (χ2n) is 21.6. The molecule has 88 heavy (non-hydrogen) atoms. The summed E-state index contributed by atoms with van der Waals surface area (Å²) in [6, 6.07) is 0. The number of esters is 5. The number of halogens is 25. The van der Waals surface area contributed by atoms with Crippen molar-refractivity contribution in [3.63, 3.8) is 0 Å². The molecule has 0 amide bonds. The Morgan fingerprint density at radius 2 is 0.534 bits per heavy atom. The lowest BCUT2D eigenvalue weighted by molar-refractivity contribution is -0.214. The molecular formula is C53H81F25O10. The molecule has 10 nitrogen and oxygen atoms in total. The Morgan fingerprint density at radius 1 is 0.307 bits per heavy atom. The van der Waals surface area contributed by atoms with Crippen LogP contribution in [0, 0.1) is 28.6 Å². The van der Waals surface area contributed by atoms with Crippen molar-refractivity contribution in [3.8, 4) is 0 Å². The van der Waals surface area contributed by atoms with Crippen LogP contribution >= 0.6 is 0 Å². The summed E-state index contributed by atoms with van der Waals surface area (Å²) in [5, 5.41) is 0. The quantitative estimate of drug-likeness (QED) is 0.0286. The van der Waals surface area contributed by atoms with E-state index < -0.39 is 191 Å². The maximum Gasteiger partial charge on any atom is 0.422 e. The van der Waals surface area contributed by atoms with E-state index in [1.54, 1.807) is 76.2 Å². The van der Waals surface area contributed by atoms with Gasteiger partial charge in [-0.25, -0.2) is 43.9 Å². The number of hydrogen-bond donors (Lipinski definition) is 0. The zero-order chi connectivity index (χ0) is 71.0. The first-order chi connectivity index (χ1) is 39.0. The first-order valence-electron chi connectivity index (χ1n) is 27.1. The van der Waals surface area contributed by atoms with E-state index in [1.165, 1.54) is 6.92 Å². The Hall–Kier alpha value is -4.40. The maximum atomic E-state index is 13.5. The van der Waals surface area contributed by atoms with Crippen LogP contribution in [-0.4, -0.2) is 123 Å². The largest absolute Gasteiger partial charge is 0.465 e. The van der Waals surface area contributed by atoms with Crippen LogP contribution in [0.1, 0.15) is 186 Å². The van der Waals surface area contributed by atoms with Gasteiger partial charge in [0.25, 0.3) is 29.6 Å². The zero-order valence-corrected chi connectivity index (χ0v) is 50.6. The fraction of sp³-hybridized carbons (Fsp3) is 0.906. The molecule has 3 unspecified atom stereocenters. The lowest BCUT2D eigenvalue weighted by atomic mass is 9.91. The van der Waals surface area contributed by atoms with Crippen molar-refractivity contribution < 1.29 is 157 Å². The third kappa shape index (κ3) is 55.6. The summed E-state index contributed by atoms with van der Waals surface area (Å²) in [5.74, 6) is -25.8. The van der Waals surface area contributed by atoms with Crippen LogP contribution in [0.15, 0.2) is 0 Å². The minimum Gasteiger partial charge on any atom is -0.465 e. The van der Waals surface area contributed by atoms with Gasteiger partial charge >= 0.3 is 60.7 Å². The second-order valence-corrected chi connectivity index (χ2v) is 21.6. The summed E-state index contributed by atoms with van der Waals surface area (Å²) in [6.45, 7) is 15.7. The number of hydrogen-bond acceptors (Lipinski definition) is 10. The van der Waals surface area contributed by atoms with Gasteiger partial charge in [-0.15, -0.1) is 0 Å². The van der Waals surface area contributed by atoms with Gasteiger partial charge < -0.3 is 23.7 Å². The Kier molecular flexibility index (Phi) is 41.7. The maximum absolute atomic E-state index is 13.5. The minimum atomic E-state index is -5.40. The molecule has 3 atom stereocenters. The Morgan fingerprint density at radius 3 is 0.807 bits per heavy atom. The summed E-state index contributed by atoms with van der Waals surface area (Å²) in [5.41, 5.74) is -1.56. The number of carbonyl (C=O) groups excluding carboxylic acids is 5. The van der Waals surface area contributed by atoms with Gasteiger partial charge in [0.05, 0.1) is 61.2 Å². The normalized spacial score (nSPS) is 14.1. The molecule has 0 aromatic rings. The molecule has 0 bridgehead atoms. The van der Waals surface area contributed by atoms with Crippen LogP contribution in [0.2, 0.25) is 0 Å². The third-order valence-corrected chi connectivity index (χ3v) is 11.9. The number of rotatable bonds is 31. The van der Waals surface area contributed by atoms with Gasteiger partial charge in [-0.3, -0.25) is 24.0 Å². The van der Waals surface area contributed by atoms with Gasteiger partial charge in [0.1, 0.15) is 19.3 Å². The Labute approximate surface area is 494 Å². The molecule has 0 heterocycles. The molecule has 0 aromatic carbocycles. The lowest BCUT2D eigenvalue weighted by Crippen LogP contribution is -2.37. The van der Waals surface area contributed by atoms with E-state index in [0.717, 1.165) is 0 Å². The fourth-order valence-corrected chi connectivity index (χ4v) is 5.44. The number of carbonyl (C=O) groups is 5. The zero-order valence-electron chi connectivity index (χ0n) is 50.6. The average Bonchev–Trinajstić information content (AvgIpc) is 3.32. The standard InChI is InChI=1S/C15H21F9O2.C12H19F5O2.C11H17F5O2.C8H13F3O2.C7H11F3O2/c1-3-10(2)11(25)26-6-4-5-12(16,17)7-13(18,19)8-14(20,21)9-15(22,23)24;1-4-10(2,3)9(18)19-7-5-6-11(13,14)8-12(15,16)17;1-3-8(2)9(17)18-6-4-5-10(12,13)7-11(14,15)16;1-4-7(2,3)6(12)13-5-8(9,10)11;1-3-5(2)6(11)12-4-7(8,9)10/h10H,3-9H2,1-2H3;4-8H2,1-3H3;8H,3-7H2,1-2H3;4-5H2,1-3H3;5H,3-4H2,1-2H3. The highest BCUT2D eigenvalue weighted by molar-refractivity contribution is 5.76. The summed E-state index contributed by atoms with van der Waals surface area (Å²) in [4.78, 5) is 55.6. The van der Waals surface area contributed by atoms with E-state index in [4.69, 9.17) is 4.74 Å². The van der Waals surface area contributed by atoms with Crippen LogP contribution < -0.4 is 0 Å². The van der Waals surface area contributed by atoms with Crippen LogP contribution in [0.3, 0.4) is 0 Å². The Balaban J connectivity index is -0.000000335. The topological polar surface area (TPSA) is 132 Å². The predicted molar refractivity (Wildman–Crippen MR) is 267 cm³/mol. The van der Waals surface area contributed by atoms with E-state index in [2.05, 4.69) is 18.9 Å². The van der Waals surface area contributed by atoms with E-state index in [0.29, 0.717) is 32.1 Å². The molecule has 0 saturated carbocycles. The fourth-order valence-electron chi connectivity index (χ4n) is 5.44. The van der Waals surface area contributed by atoms with E-state index in [9.17, 15) is 134 Å². The molecule has 0 aliphatic heterocycles. The van der Waals surface area contributed by atoms with Crippen molar-refractivity contribution in [2.75, 3.05) is 33.0 Å². The molecule has 0 rings (SSSR count). The van der Waals surface area contributed by atoms with Gasteiger partial charge in [-0.1, -0.05) is 55.4 Å². The van der Waals surface area contributed by atoms with Gasteiger partial charge in [-0.2, -0.15) is 65.9 Å². The molecule has 528 valence electrons. The van der Waals surface area contributed by atoms with E-state index in [1.807, 2.05) is 0 Å². The second kappa shape index (κ2) is 39.8. The van der Waals surface area contributed by atoms with E-state index >= 15 is 0 Å². The Bertz CT molecular complexity index is 1960. The molecule has 0 saturated heterocycles. The van der Waals surface area contributed by atoms with Crippen LogP contribution in [0.5, 0.6) is 0 Å². The van der Waals surface area contributed by atoms with Crippen molar-refractivity contribution in [2.45, 2.75) is 246 Å².